The first-order valence-electron chi connectivity index (χ1n) is 7.09. The number of nitriles is 1. The van der Waals surface area contributed by atoms with Crippen molar-refractivity contribution in [1.29, 1.82) is 5.26 Å². The monoisotopic (exact) mass is 271 g/mol. The molecule has 0 aromatic carbocycles. The Morgan fingerprint density at radius 2 is 2.15 bits per heavy atom. The van der Waals surface area contributed by atoms with Crippen molar-refractivity contribution in [1.82, 2.24) is 4.98 Å². The van der Waals surface area contributed by atoms with Crippen LogP contribution in [0.25, 0.3) is 0 Å². The molecule has 0 radical (unpaired) electrons. The van der Waals surface area contributed by atoms with Gasteiger partial charge in [-0.1, -0.05) is 0 Å². The van der Waals surface area contributed by atoms with Gasteiger partial charge in [0.25, 0.3) is 0 Å². The quantitative estimate of drug-likeness (QED) is 0.886. The lowest BCUT2D eigenvalue weighted by Crippen LogP contribution is -2.37. The van der Waals surface area contributed by atoms with Crippen molar-refractivity contribution >= 4 is 11.8 Å². The number of aromatic nitrogens is 1. The van der Waals surface area contributed by atoms with Crippen LogP contribution in [-0.4, -0.2) is 29.1 Å². The minimum atomic E-state index is -0.716. The van der Waals surface area contributed by atoms with E-state index in [2.05, 4.69) is 16.0 Å². The fraction of sp³-hybridized carbons (Fsp3) is 0.533. The molecule has 104 valence electrons. The van der Waals surface area contributed by atoms with Gasteiger partial charge in [0.15, 0.2) is 0 Å². The number of carboxylic acid groups (broad SMARTS) is 1. The number of nitrogens with zero attached hydrogens (tertiary/aromatic N) is 3. The normalized spacial score (nSPS) is 18.6. The predicted octanol–water partition coefficient (Wildman–Crippen LogP) is 1.74. The number of fused-ring (bicyclic) bond motifs is 1. The summed E-state index contributed by atoms with van der Waals surface area (Å²) < 4.78 is 0. The third kappa shape index (κ3) is 2.22. The maximum Gasteiger partial charge on any atom is 0.306 e. The first-order chi connectivity index (χ1) is 9.69. The fourth-order valence-corrected chi connectivity index (χ4v) is 3.12. The molecule has 0 amide bonds. The molecule has 1 fully saturated rings. The average molecular weight is 271 g/mol. The van der Waals surface area contributed by atoms with E-state index >= 15 is 0 Å². The van der Waals surface area contributed by atoms with E-state index in [0.29, 0.717) is 31.5 Å². The summed E-state index contributed by atoms with van der Waals surface area (Å²) in [7, 11) is 0. The molecule has 0 atom stereocenters. The zero-order valence-electron chi connectivity index (χ0n) is 11.3. The summed E-state index contributed by atoms with van der Waals surface area (Å²) in [5.41, 5.74) is 2.93. The topological polar surface area (TPSA) is 77.2 Å². The summed E-state index contributed by atoms with van der Waals surface area (Å²) in [5, 5.41) is 18.3. The summed E-state index contributed by atoms with van der Waals surface area (Å²) in [5.74, 6) is -0.227. The Bertz CT molecular complexity index is 584. The van der Waals surface area contributed by atoms with Gasteiger partial charge >= 0.3 is 5.97 Å². The number of piperidine rings is 1. The molecule has 3 rings (SSSR count). The Kier molecular flexibility index (Phi) is 3.31. The Morgan fingerprint density at radius 3 is 2.80 bits per heavy atom. The van der Waals surface area contributed by atoms with Gasteiger partial charge in [0, 0.05) is 18.8 Å². The summed E-state index contributed by atoms with van der Waals surface area (Å²) in [6, 6.07) is 4.20. The van der Waals surface area contributed by atoms with Crippen LogP contribution in [0.3, 0.4) is 0 Å². The molecule has 0 saturated carbocycles. The first kappa shape index (κ1) is 12.9. The largest absolute Gasteiger partial charge is 0.481 e. The third-order valence-electron chi connectivity index (χ3n) is 4.29. The molecule has 0 bridgehead atoms. The summed E-state index contributed by atoms with van der Waals surface area (Å²) >= 11 is 0. The van der Waals surface area contributed by atoms with E-state index in [-0.39, 0.29) is 5.92 Å². The predicted molar refractivity (Wildman–Crippen MR) is 73.5 cm³/mol. The second kappa shape index (κ2) is 5.12. The van der Waals surface area contributed by atoms with Crippen LogP contribution in [0.1, 0.15) is 36.1 Å². The van der Waals surface area contributed by atoms with Gasteiger partial charge in [-0.05, 0) is 43.7 Å². The van der Waals surface area contributed by atoms with Crippen LogP contribution in [0.2, 0.25) is 0 Å². The van der Waals surface area contributed by atoms with Gasteiger partial charge in [-0.25, -0.2) is 4.98 Å². The SMILES string of the molecule is N#Cc1cc2c(nc1N1CCC(C(=O)O)CC1)CCC2. The molecule has 20 heavy (non-hydrogen) atoms. The lowest BCUT2D eigenvalue weighted by Gasteiger charge is -2.31. The van der Waals surface area contributed by atoms with E-state index in [1.165, 1.54) is 5.56 Å². The maximum absolute atomic E-state index is 11.0. The zero-order chi connectivity index (χ0) is 14.1. The minimum Gasteiger partial charge on any atom is -0.481 e. The number of anilines is 1. The van der Waals surface area contributed by atoms with Crippen molar-refractivity contribution in [3.8, 4) is 6.07 Å². The minimum absolute atomic E-state index is 0.258. The molecule has 1 aromatic rings. The maximum atomic E-state index is 11.0. The van der Waals surface area contributed by atoms with Gasteiger partial charge in [-0.15, -0.1) is 0 Å². The number of hydrogen-bond donors (Lipinski definition) is 1. The second-order valence-corrected chi connectivity index (χ2v) is 5.53. The molecular formula is C15H17N3O2. The molecule has 5 nitrogen and oxygen atoms in total. The highest BCUT2D eigenvalue weighted by molar-refractivity contribution is 5.70. The highest BCUT2D eigenvalue weighted by Gasteiger charge is 2.27. The molecule has 1 aliphatic heterocycles. The molecule has 0 spiro atoms. The summed E-state index contributed by atoms with van der Waals surface area (Å²) in [6.45, 7) is 1.33. The third-order valence-corrected chi connectivity index (χ3v) is 4.29. The van der Waals surface area contributed by atoms with Crippen LogP contribution in [-0.2, 0) is 17.6 Å². The molecule has 5 heteroatoms. The van der Waals surface area contributed by atoms with E-state index in [1.54, 1.807) is 0 Å². The smallest absolute Gasteiger partial charge is 0.306 e. The van der Waals surface area contributed by atoms with Crippen LogP contribution in [0.5, 0.6) is 0 Å². The van der Waals surface area contributed by atoms with Gasteiger partial charge in [0.1, 0.15) is 11.9 Å². The Labute approximate surface area is 117 Å². The first-order valence-corrected chi connectivity index (χ1v) is 7.09. The number of pyridine rings is 1. The lowest BCUT2D eigenvalue weighted by molar-refractivity contribution is -0.142. The van der Waals surface area contributed by atoms with Crippen LogP contribution < -0.4 is 4.90 Å². The van der Waals surface area contributed by atoms with Crippen LogP contribution in [0.4, 0.5) is 5.82 Å². The fourth-order valence-electron chi connectivity index (χ4n) is 3.12. The highest BCUT2D eigenvalue weighted by atomic mass is 16.4. The molecule has 1 N–H and O–H groups in total. The average Bonchev–Trinajstić information content (AvgIpc) is 2.93. The van der Waals surface area contributed by atoms with Gasteiger partial charge < -0.3 is 10.0 Å². The van der Waals surface area contributed by atoms with E-state index in [0.717, 1.165) is 30.8 Å². The second-order valence-electron chi connectivity index (χ2n) is 5.53. The molecule has 1 saturated heterocycles. The molecule has 0 unspecified atom stereocenters. The van der Waals surface area contributed by atoms with Crippen molar-refractivity contribution < 1.29 is 9.90 Å². The van der Waals surface area contributed by atoms with Crippen molar-refractivity contribution in [2.24, 2.45) is 5.92 Å². The van der Waals surface area contributed by atoms with E-state index in [4.69, 9.17) is 5.11 Å². The van der Waals surface area contributed by atoms with Crippen LogP contribution >= 0.6 is 0 Å². The number of carbonyl (C=O) groups is 1. The van der Waals surface area contributed by atoms with E-state index < -0.39 is 5.97 Å². The number of hydrogen-bond acceptors (Lipinski definition) is 4. The Morgan fingerprint density at radius 1 is 1.40 bits per heavy atom. The van der Waals surface area contributed by atoms with Crippen LogP contribution in [0, 0.1) is 17.2 Å². The Hall–Kier alpha value is -2.09. The van der Waals surface area contributed by atoms with Gasteiger partial charge in [0.05, 0.1) is 11.5 Å². The highest BCUT2D eigenvalue weighted by Crippen LogP contribution is 2.29. The van der Waals surface area contributed by atoms with Crippen molar-refractivity contribution in [3.63, 3.8) is 0 Å². The van der Waals surface area contributed by atoms with Gasteiger partial charge in [-0.2, -0.15) is 5.26 Å². The van der Waals surface area contributed by atoms with Crippen molar-refractivity contribution in [2.75, 3.05) is 18.0 Å². The van der Waals surface area contributed by atoms with Gasteiger partial charge in [-0.3, -0.25) is 4.79 Å². The Balaban J connectivity index is 1.84. The molecular weight excluding hydrogens is 254 g/mol. The lowest BCUT2D eigenvalue weighted by atomic mass is 9.97. The summed E-state index contributed by atoms with van der Waals surface area (Å²) in [6.07, 6.45) is 4.35. The standard InChI is InChI=1S/C15H17N3O2/c16-9-12-8-11-2-1-3-13(11)17-14(12)18-6-4-10(5-7-18)15(19)20/h8,10H,1-7H2,(H,19,20). The number of aliphatic carboxylic acids is 1. The summed E-state index contributed by atoms with van der Waals surface area (Å²) in [4.78, 5) is 17.7. The van der Waals surface area contributed by atoms with E-state index in [9.17, 15) is 10.1 Å². The van der Waals surface area contributed by atoms with Crippen molar-refractivity contribution in [2.45, 2.75) is 32.1 Å². The molecule has 2 aliphatic rings. The number of aryl methyl sites for hydroxylation is 2. The zero-order valence-corrected chi connectivity index (χ0v) is 11.3. The molecule has 1 aromatic heterocycles. The number of carboxylic acids is 1. The molecule has 1 aliphatic carbocycles. The van der Waals surface area contributed by atoms with Crippen LogP contribution in [0.15, 0.2) is 6.07 Å². The molecule has 2 heterocycles. The van der Waals surface area contributed by atoms with Gasteiger partial charge in [0.2, 0.25) is 0 Å². The van der Waals surface area contributed by atoms with Crippen molar-refractivity contribution in [3.05, 3.63) is 22.9 Å². The number of rotatable bonds is 2. The van der Waals surface area contributed by atoms with E-state index in [1.807, 2.05) is 6.07 Å².